The van der Waals surface area contributed by atoms with E-state index in [4.69, 9.17) is 4.74 Å². The molecule has 0 saturated carbocycles. The number of ether oxygens (including phenoxy) is 1. The summed E-state index contributed by atoms with van der Waals surface area (Å²) in [5, 5.41) is 12.6. The average Bonchev–Trinajstić information content (AvgIpc) is 2.19. The first-order valence-electron chi connectivity index (χ1n) is 4.57. The van der Waals surface area contributed by atoms with E-state index in [2.05, 4.69) is 21.2 Å². The van der Waals surface area contributed by atoms with Crippen molar-refractivity contribution in [2.45, 2.75) is 6.04 Å². The van der Waals surface area contributed by atoms with Crippen LogP contribution in [0.25, 0.3) is 0 Å². The topological polar surface area (TPSA) is 41.5 Å². The van der Waals surface area contributed by atoms with Gasteiger partial charge in [-0.25, -0.2) is 0 Å². The molecule has 1 atom stereocenters. The number of phenolic OH excluding ortho intramolecular Hbond substituents is 1. The second-order valence-corrected chi connectivity index (χ2v) is 4.14. The highest BCUT2D eigenvalue weighted by molar-refractivity contribution is 9.10. The summed E-state index contributed by atoms with van der Waals surface area (Å²) < 4.78 is 6.29. The predicted molar refractivity (Wildman–Crippen MR) is 57.4 cm³/mol. The van der Waals surface area contributed by atoms with Crippen molar-refractivity contribution < 1.29 is 9.84 Å². The van der Waals surface area contributed by atoms with Crippen LogP contribution >= 0.6 is 15.9 Å². The Labute approximate surface area is 91.2 Å². The molecule has 1 aromatic rings. The number of nitrogens with one attached hydrogen (secondary N) is 1. The van der Waals surface area contributed by atoms with Gasteiger partial charge in [0.2, 0.25) is 0 Å². The molecule has 1 fully saturated rings. The van der Waals surface area contributed by atoms with Crippen LogP contribution in [0.15, 0.2) is 22.7 Å². The van der Waals surface area contributed by atoms with Crippen LogP contribution in [0.2, 0.25) is 0 Å². The molecule has 2 N–H and O–H groups in total. The van der Waals surface area contributed by atoms with E-state index in [-0.39, 0.29) is 11.8 Å². The highest BCUT2D eigenvalue weighted by Gasteiger charge is 2.17. The lowest BCUT2D eigenvalue weighted by molar-refractivity contribution is 0.0766. The Balaban J connectivity index is 2.22. The van der Waals surface area contributed by atoms with Gasteiger partial charge in [0.05, 0.1) is 19.3 Å². The average molecular weight is 258 g/mol. The molecule has 1 heterocycles. The molecule has 1 aromatic carbocycles. The molecule has 4 heteroatoms. The van der Waals surface area contributed by atoms with Crippen molar-refractivity contribution in [1.29, 1.82) is 0 Å². The van der Waals surface area contributed by atoms with Crippen molar-refractivity contribution in [2.24, 2.45) is 0 Å². The number of morpholine rings is 1. The first kappa shape index (κ1) is 9.96. The van der Waals surface area contributed by atoms with E-state index in [1.54, 1.807) is 12.1 Å². The molecule has 1 saturated heterocycles. The Bertz CT molecular complexity index is 324. The zero-order valence-corrected chi connectivity index (χ0v) is 9.25. The summed E-state index contributed by atoms with van der Waals surface area (Å²) in [4.78, 5) is 0. The summed E-state index contributed by atoms with van der Waals surface area (Å²) >= 11 is 3.43. The Morgan fingerprint density at radius 1 is 1.50 bits per heavy atom. The largest absolute Gasteiger partial charge is 0.508 e. The maximum Gasteiger partial charge on any atom is 0.116 e. The molecule has 76 valence electrons. The number of hydrogen-bond donors (Lipinski definition) is 2. The van der Waals surface area contributed by atoms with Crippen LogP contribution < -0.4 is 5.32 Å². The van der Waals surface area contributed by atoms with Gasteiger partial charge >= 0.3 is 0 Å². The van der Waals surface area contributed by atoms with Crippen LogP contribution in [0.3, 0.4) is 0 Å². The molecule has 0 aromatic heterocycles. The minimum absolute atomic E-state index is 0.221. The molecule has 0 bridgehead atoms. The van der Waals surface area contributed by atoms with Gasteiger partial charge in [0, 0.05) is 11.0 Å². The molecule has 2 rings (SSSR count). The van der Waals surface area contributed by atoms with Gasteiger partial charge in [-0.1, -0.05) is 22.0 Å². The molecule has 0 unspecified atom stereocenters. The zero-order valence-electron chi connectivity index (χ0n) is 7.66. The lowest BCUT2D eigenvalue weighted by Crippen LogP contribution is -2.34. The lowest BCUT2D eigenvalue weighted by atomic mass is 10.1. The molecule has 3 nitrogen and oxygen atoms in total. The maximum atomic E-state index is 9.25. The summed E-state index contributed by atoms with van der Waals surface area (Å²) in [6.07, 6.45) is 0. The van der Waals surface area contributed by atoms with E-state index in [9.17, 15) is 5.11 Å². The number of aromatic hydroxyl groups is 1. The normalized spacial score (nSPS) is 22.2. The Morgan fingerprint density at radius 2 is 2.36 bits per heavy atom. The van der Waals surface area contributed by atoms with Crippen LogP contribution in [0.4, 0.5) is 0 Å². The van der Waals surface area contributed by atoms with Gasteiger partial charge in [0.15, 0.2) is 0 Å². The minimum Gasteiger partial charge on any atom is -0.508 e. The van der Waals surface area contributed by atoms with Gasteiger partial charge in [-0.15, -0.1) is 0 Å². The molecule has 0 aliphatic carbocycles. The number of phenols is 1. The summed E-state index contributed by atoms with van der Waals surface area (Å²) in [6, 6.07) is 5.52. The van der Waals surface area contributed by atoms with Gasteiger partial charge in [-0.05, 0) is 17.7 Å². The second-order valence-electron chi connectivity index (χ2n) is 3.29. The molecule has 0 radical (unpaired) electrons. The Morgan fingerprint density at radius 3 is 3.00 bits per heavy atom. The van der Waals surface area contributed by atoms with Crippen molar-refractivity contribution in [3.63, 3.8) is 0 Å². The van der Waals surface area contributed by atoms with Gasteiger partial charge in [0.1, 0.15) is 5.75 Å². The SMILES string of the molecule is Oc1ccc([C@H]2COCCN2)c(Br)c1. The van der Waals surface area contributed by atoms with Gasteiger partial charge in [-0.3, -0.25) is 0 Å². The third kappa shape index (κ3) is 2.08. The monoisotopic (exact) mass is 257 g/mol. The van der Waals surface area contributed by atoms with Crippen LogP contribution in [0.1, 0.15) is 11.6 Å². The second kappa shape index (κ2) is 4.29. The van der Waals surface area contributed by atoms with Gasteiger partial charge in [0.25, 0.3) is 0 Å². The van der Waals surface area contributed by atoms with Crippen LogP contribution in [-0.4, -0.2) is 24.9 Å². The summed E-state index contributed by atoms with van der Waals surface area (Å²) in [5.74, 6) is 0.275. The van der Waals surface area contributed by atoms with Crippen LogP contribution in [-0.2, 0) is 4.74 Å². The third-order valence-electron chi connectivity index (χ3n) is 2.28. The summed E-state index contributed by atoms with van der Waals surface area (Å²) in [6.45, 7) is 2.33. The highest BCUT2D eigenvalue weighted by atomic mass is 79.9. The molecular weight excluding hydrogens is 246 g/mol. The molecule has 0 amide bonds. The van der Waals surface area contributed by atoms with E-state index < -0.39 is 0 Å². The van der Waals surface area contributed by atoms with Crippen molar-refractivity contribution in [3.8, 4) is 5.75 Å². The molecule has 14 heavy (non-hydrogen) atoms. The van der Waals surface area contributed by atoms with Gasteiger partial charge in [-0.2, -0.15) is 0 Å². The van der Waals surface area contributed by atoms with Crippen LogP contribution in [0, 0.1) is 0 Å². The molecule has 1 aliphatic heterocycles. The van der Waals surface area contributed by atoms with E-state index in [0.717, 1.165) is 23.2 Å². The molecule has 0 spiro atoms. The van der Waals surface area contributed by atoms with Crippen molar-refractivity contribution in [3.05, 3.63) is 28.2 Å². The number of halogens is 1. The molecule has 1 aliphatic rings. The number of benzene rings is 1. The highest BCUT2D eigenvalue weighted by Crippen LogP contribution is 2.28. The predicted octanol–water partition coefficient (Wildman–Crippen LogP) is 1.82. The maximum absolute atomic E-state index is 9.25. The van der Waals surface area contributed by atoms with E-state index >= 15 is 0 Å². The van der Waals surface area contributed by atoms with Crippen molar-refractivity contribution in [1.82, 2.24) is 5.32 Å². The van der Waals surface area contributed by atoms with E-state index in [1.807, 2.05) is 6.07 Å². The standard InChI is InChI=1S/C10H12BrNO2/c11-9-5-7(13)1-2-8(9)10-6-14-4-3-12-10/h1-2,5,10,12-13H,3-4,6H2/t10-/m1/s1. The fraction of sp³-hybridized carbons (Fsp3) is 0.400. The summed E-state index contributed by atoms with van der Waals surface area (Å²) in [7, 11) is 0. The fourth-order valence-corrected chi connectivity index (χ4v) is 2.21. The fourth-order valence-electron chi connectivity index (χ4n) is 1.56. The van der Waals surface area contributed by atoms with Crippen LogP contribution in [0.5, 0.6) is 5.75 Å². The zero-order chi connectivity index (χ0) is 9.97. The Kier molecular flexibility index (Phi) is 3.05. The Hall–Kier alpha value is -0.580. The van der Waals surface area contributed by atoms with Gasteiger partial charge < -0.3 is 15.2 Å². The quantitative estimate of drug-likeness (QED) is 0.807. The number of hydrogen-bond acceptors (Lipinski definition) is 3. The first-order chi connectivity index (χ1) is 6.77. The van der Waals surface area contributed by atoms with E-state index in [1.165, 1.54) is 0 Å². The third-order valence-corrected chi connectivity index (χ3v) is 2.97. The summed E-state index contributed by atoms with van der Waals surface area (Å²) in [5.41, 5.74) is 1.13. The smallest absolute Gasteiger partial charge is 0.116 e. The van der Waals surface area contributed by atoms with Crippen molar-refractivity contribution >= 4 is 15.9 Å². The number of rotatable bonds is 1. The molecular formula is C10H12BrNO2. The van der Waals surface area contributed by atoms with Crippen molar-refractivity contribution in [2.75, 3.05) is 19.8 Å². The lowest BCUT2D eigenvalue weighted by Gasteiger charge is -2.25. The van der Waals surface area contributed by atoms with E-state index in [0.29, 0.717) is 6.61 Å². The first-order valence-corrected chi connectivity index (χ1v) is 5.36. The minimum atomic E-state index is 0.221.